The second-order valence-corrected chi connectivity index (χ2v) is 8.14. The second kappa shape index (κ2) is 10.8. The Hall–Kier alpha value is -3.21. The van der Waals surface area contributed by atoms with Crippen LogP contribution in [0, 0.1) is 6.92 Å². The molecular formula is C23H27F4N3O4. The van der Waals surface area contributed by atoms with Crippen molar-refractivity contribution in [1.29, 1.82) is 0 Å². The average molecular weight is 485 g/mol. The number of rotatable bonds is 4. The summed E-state index contributed by atoms with van der Waals surface area (Å²) in [5, 5.41) is 7.12. The maximum atomic E-state index is 13.4. The molecule has 0 unspecified atom stereocenters. The Kier molecular flexibility index (Phi) is 8.60. The molecule has 2 heterocycles. The van der Waals surface area contributed by atoms with E-state index in [9.17, 15) is 27.2 Å². The molecule has 2 aromatic rings. The van der Waals surface area contributed by atoms with Crippen molar-refractivity contribution in [3.05, 3.63) is 58.0 Å². The van der Waals surface area contributed by atoms with Crippen LogP contribution in [0.25, 0.3) is 11.1 Å². The van der Waals surface area contributed by atoms with Gasteiger partial charge in [0.25, 0.3) is 0 Å². The number of hydrogen-bond donors (Lipinski definition) is 2. The van der Waals surface area contributed by atoms with Gasteiger partial charge < -0.3 is 20.3 Å². The Morgan fingerprint density at radius 1 is 1.15 bits per heavy atom. The Bertz CT molecular complexity index is 1080. The summed E-state index contributed by atoms with van der Waals surface area (Å²) in [6.45, 7) is 4.41. The molecule has 0 spiro atoms. The van der Waals surface area contributed by atoms with Crippen molar-refractivity contribution in [1.82, 2.24) is 9.47 Å². The molecule has 1 saturated heterocycles. The topological polar surface area (TPSA) is 106 Å². The molecule has 3 rings (SSSR count). The summed E-state index contributed by atoms with van der Waals surface area (Å²) in [6.07, 6.45) is -5.64. The third kappa shape index (κ3) is 6.43. The van der Waals surface area contributed by atoms with Gasteiger partial charge in [0.1, 0.15) is 6.17 Å². The normalized spacial score (nSPS) is 17.5. The van der Waals surface area contributed by atoms with Gasteiger partial charge in [-0.1, -0.05) is 31.2 Å². The van der Waals surface area contributed by atoms with Gasteiger partial charge in [0.05, 0.1) is 12.6 Å². The number of carbonyl (C=O) groups excluding carboxylic acids is 1. The molecule has 186 valence electrons. The molecule has 11 heteroatoms. The van der Waals surface area contributed by atoms with Gasteiger partial charge in [-0.25, -0.2) is 9.18 Å². The fraction of sp³-hybridized carbons (Fsp3) is 0.435. The van der Waals surface area contributed by atoms with Crippen LogP contribution in [-0.2, 0) is 16.6 Å². The van der Waals surface area contributed by atoms with Crippen LogP contribution in [0.3, 0.4) is 0 Å². The number of amides is 1. The minimum absolute atomic E-state index is 0.0385. The van der Waals surface area contributed by atoms with Crippen LogP contribution in [0.15, 0.2) is 41.2 Å². The minimum Gasteiger partial charge on any atom is -0.475 e. The predicted molar refractivity (Wildman–Crippen MR) is 118 cm³/mol. The first-order valence-corrected chi connectivity index (χ1v) is 10.5. The van der Waals surface area contributed by atoms with Gasteiger partial charge in [-0.05, 0) is 30.5 Å². The van der Waals surface area contributed by atoms with E-state index in [0.717, 1.165) is 22.4 Å². The number of aromatic nitrogens is 1. The van der Waals surface area contributed by atoms with E-state index in [1.165, 1.54) is 4.90 Å². The quantitative estimate of drug-likeness (QED) is 0.648. The van der Waals surface area contributed by atoms with E-state index in [4.69, 9.17) is 15.6 Å². The molecule has 0 bridgehead atoms. The number of carbonyl (C=O) groups is 2. The van der Waals surface area contributed by atoms with E-state index in [1.54, 1.807) is 17.7 Å². The summed E-state index contributed by atoms with van der Waals surface area (Å²) in [7, 11) is 1.75. The van der Waals surface area contributed by atoms with Crippen molar-refractivity contribution in [3.8, 4) is 11.1 Å². The van der Waals surface area contributed by atoms with Crippen molar-refractivity contribution in [2.45, 2.75) is 44.6 Å². The first-order valence-electron chi connectivity index (χ1n) is 10.5. The van der Waals surface area contributed by atoms with Gasteiger partial charge in [0.2, 0.25) is 11.5 Å². The van der Waals surface area contributed by atoms with Gasteiger partial charge in [-0.2, -0.15) is 13.2 Å². The van der Waals surface area contributed by atoms with E-state index >= 15 is 0 Å². The third-order valence-corrected chi connectivity index (χ3v) is 5.87. The third-order valence-electron chi connectivity index (χ3n) is 5.87. The Balaban J connectivity index is 0.000000509. The van der Waals surface area contributed by atoms with Crippen LogP contribution < -0.4 is 11.3 Å². The van der Waals surface area contributed by atoms with Crippen molar-refractivity contribution in [2.75, 3.05) is 13.1 Å². The van der Waals surface area contributed by atoms with E-state index < -0.39 is 24.4 Å². The van der Waals surface area contributed by atoms with Crippen LogP contribution in [0.5, 0.6) is 0 Å². The van der Waals surface area contributed by atoms with E-state index in [-0.39, 0.29) is 23.9 Å². The summed E-state index contributed by atoms with van der Waals surface area (Å²) >= 11 is 0. The zero-order valence-electron chi connectivity index (χ0n) is 19.0. The molecule has 34 heavy (non-hydrogen) atoms. The average Bonchev–Trinajstić information content (AvgIpc) is 3.22. The van der Waals surface area contributed by atoms with Crippen molar-refractivity contribution >= 4 is 11.9 Å². The molecule has 1 aliphatic heterocycles. The fourth-order valence-corrected chi connectivity index (χ4v) is 3.55. The molecular weight excluding hydrogens is 458 g/mol. The number of halogens is 4. The van der Waals surface area contributed by atoms with Crippen molar-refractivity contribution in [3.63, 3.8) is 0 Å². The molecule has 1 aliphatic rings. The highest BCUT2D eigenvalue weighted by Crippen LogP contribution is 2.26. The lowest BCUT2D eigenvalue weighted by Crippen LogP contribution is -2.45. The number of likely N-dealkylation sites (tertiary alicyclic amines) is 1. The molecule has 0 radical (unpaired) electrons. The first-order chi connectivity index (χ1) is 15.7. The number of carboxylic acids is 1. The number of pyridine rings is 1. The smallest absolute Gasteiger partial charge is 0.475 e. The van der Waals surface area contributed by atoms with E-state index in [0.29, 0.717) is 13.0 Å². The fourth-order valence-electron chi connectivity index (χ4n) is 3.55. The predicted octanol–water partition coefficient (Wildman–Crippen LogP) is 3.00. The van der Waals surface area contributed by atoms with Gasteiger partial charge in [0, 0.05) is 36.8 Å². The molecule has 3 atom stereocenters. The van der Waals surface area contributed by atoms with Crippen LogP contribution in [0.1, 0.15) is 30.5 Å². The molecule has 1 amide bonds. The van der Waals surface area contributed by atoms with Crippen molar-refractivity contribution in [2.24, 2.45) is 12.8 Å². The standard InChI is InChI=1S/C21H26FN3O2.C2HF3O2/c1-13(20(23)21(27)25-11-10-17(22)12-25)15-4-6-16(7-5-15)18-8-9-19(26)24(3)14(18)2;3-2(4,5)1(6)7/h4-9,13,17,20H,10-12,23H2,1-3H3;(H,6,7)/t13-,17-,20-;/m0./s1. The number of nitrogens with zero attached hydrogens (tertiary/aromatic N) is 2. The molecule has 7 nitrogen and oxygen atoms in total. The summed E-state index contributed by atoms with van der Waals surface area (Å²) in [5.74, 6) is -3.13. The number of nitrogens with two attached hydrogens (primary N) is 1. The highest BCUT2D eigenvalue weighted by atomic mass is 19.4. The number of hydrogen-bond acceptors (Lipinski definition) is 4. The van der Waals surface area contributed by atoms with Crippen LogP contribution in [-0.4, -0.2) is 57.9 Å². The molecule has 3 N–H and O–H groups in total. The van der Waals surface area contributed by atoms with Crippen molar-refractivity contribution < 1.29 is 32.3 Å². The maximum absolute atomic E-state index is 13.4. The Morgan fingerprint density at radius 2 is 1.71 bits per heavy atom. The lowest BCUT2D eigenvalue weighted by Gasteiger charge is -2.25. The summed E-state index contributed by atoms with van der Waals surface area (Å²) < 4.78 is 46.7. The van der Waals surface area contributed by atoms with Crippen LogP contribution in [0.4, 0.5) is 17.6 Å². The van der Waals surface area contributed by atoms with Crippen LogP contribution in [0.2, 0.25) is 0 Å². The Morgan fingerprint density at radius 3 is 2.18 bits per heavy atom. The van der Waals surface area contributed by atoms with Gasteiger partial charge >= 0.3 is 12.1 Å². The zero-order chi connectivity index (χ0) is 25.8. The summed E-state index contributed by atoms with van der Waals surface area (Å²) in [5.41, 5.74) is 9.98. The zero-order valence-corrected chi connectivity index (χ0v) is 19.0. The van der Waals surface area contributed by atoms with E-state index in [2.05, 4.69) is 0 Å². The van der Waals surface area contributed by atoms with Crippen LogP contribution >= 0.6 is 0 Å². The SMILES string of the molecule is Cc1c(-c2ccc([C@H](C)[C@H](N)C(=O)N3CC[C@H](F)C3)cc2)ccc(=O)n1C.O=C(O)C(F)(F)F. The maximum Gasteiger partial charge on any atom is 0.490 e. The summed E-state index contributed by atoms with van der Waals surface area (Å²) in [4.78, 5) is 34.7. The number of alkyl halides is 4. The lowest BCUT2D eigenvalue weighted by atomic mass is 9.91. The highest BCUT2D eigenvalue weighted by molar-refractivity contribution is 5.83. The Labute approximate surface area is 193 Å². The largest absolute Gasteiger partial charge is 0.490 e. The highest BCUT2D eigenvalue weighted by Gasteiger charge is 2.38. The first kappa shape index (κ1) is 27.0. The number of benzene rings is 1. The molecule has 1 aromatic carbocycles. The molecule has 0 aliphatic carbocycles. The van der Waals surface area contributed by atoms with Gasteiger partial charge in [0.15, 0.2) is 0 Å². The molecule has 1 aromatic heterocycles. The van der Waals surface area contributed by atoms with E-state index in [1.807, 2.05) is 44.2 Å². The summed E-state index contributed by atoms with van der Waals surface area (Å²) in [6, 6.07) is 10.6. The lowest BCUT2D eigenvalue weighted by molar-refractivity contribution is -0.192. The van der Waals surface area contributed by atoms with Gasteiger partial charge in [-0.3, -0.25) is 9.59 Å². The number of carboxylic acid groups (broad SMARTS) is 1. The second-order valence-electron chi connectivity index (χ2n) is 8.14. The number of aliphatic carboxylic acids is 1. The molecule has 0 saturated carbocycles. The minimum atomic E-state index is -5.08. The molecule has 1 fully saturated rings. The monoisotopic (exact) mass is 485 g/mol. The van der Waals surface area contributed by atoms with Gasteiger partial charge in [-0.15, -0.1) is 0 Å².